The van der Waals surface area contributed by atoms with E-state index in [1.165, 1.54) is 20.1 Å². The van der Waals surface area contributed by atoms with E-state index < -0.39 is 67.6 Å². The molecule has 1 saturated heterocycles. The Morgan fingerprint density at radius 2 is 1.81 bits per heavy atom. The first-order chi connectivity index (χ1) is 14.6. The number of rotatable bonds is 7. The molecule has 2 aliphatic heterocycles. The Bertz CT molecular complexity index is 717. The van der Waals surface area contributed by atoms with Crippen LogP contribution in [0.4, 0.5) is 0 Å². The first-order valence-electron chi connectivity index (χ1n) is 9.43. The molecule has 0 spiro atoms. The van der Waals surface area contributed by atoms with Crippen molar-refractivity contribution in [1.29, 1.82) is 0 Å². The van der Waals surface area contributed by atoms with Crippen molar-refractivity contribution in [2.24, 2.45) is 5.41 Å². The molecule has 0 aromatic carbocycles. The number of methoxy groups -OCH3 is 2. The number of aliphatic hydroxyl groups excluding tert-OH is 5. The van der Waals surface area contributed by atoms with E-state index in [0.717, 1.165) is 13.4 Å². The zero-order valence-electron chi connectivity index (χ0n) is 17.3. The van der Waals surface area contributed by atoms with Gasteiger partial charge in [0.05, 0.1) is 45.7 Å². The molecular formula is C19H28O12. The summed E-state index contributed by atoms with van der Waals surface area (Å²) in [4.78, 5) is 24.4. The van der Waals surface area contributed by atoms with Crippen molar-refractivity contribution in [2.45, 2.75) is 50.3 Å². The lowest BCUT2D eigenvalue weighted by Gasteiger charge is -2.44. The Labute approximate surface area is 178 Å². The number of carbonyl (C=O) groups excluding carboxylic acids is 2. The van der Waals surface area contributed by atoms with E-state index in [0.29, 0.717) is 0 Å². The van der Waals surface area contributed by atoms with Gasteiger partial charge in [-0.15, -0.1) is 0 Å². The maximum absolute atomic E-state index is 12.3. The van der Waals surface area contributed by atoms with Crippen LogP contribution in [0.2, 0.25) is 0 Å². The molecular weight excluding hydrogens is 420 g/mol. The molecule has 0 aromatic heterocycles. The van der Waals surface area contributed by atoms with Crippen molar-refractivity contribution in [3.8, 4) is 0 Å². The maximum atomic E-state index is 12.3. The molecule has 0 amide bonds. The summed E-state index contributed by atoms with van der Waals surface area (Å²) >= 11 is 0. The lowest BCUT2D eigenvalue weighted by atomic mass is 9.71. The minimum absolute atomic E-state index is 0.0475. The predicted molar refractivity (Wildman–Crippen MR) is 99.7 cm³/mol. The van der Waals surface area contributed by atoms with Gasteiger partial charge in [-0.1, -0.05) is 13.0 Å². The average molecular weight is 448 g/mol. The Hall–Kier alpha value is -2.06. The van der Waals surface area contributed by atoms with E-state index in [2.05, 4.69) is 0 Å². The van der Waals surface area contributed by atoms with Crippen LogP contribution in [0.3, 0.4) is 0 Å². The van der Waals surface area contributed by atoms with Gasteiger partial charge in [0.2, 0.25) is 6.29 Å². The van der Waals surface area contributed by atoms with Crippen molar-refractivity contribution in [3.05, 3.63) is 23.5 Å². The molecule has 7 atom stereocenters. The van der Waals surface area contributed by atoms with Crippen LogP contribution < -0.4 is 0 Å². The fraction of sp³-hybridized carbons (Fsp3) is 0.684. The number of esters is 2. The van der Waals surface area contributed by atoms with Crippen LogP contribution in [-0.4, -0.2) is 102 Å². The number of hydrogen-bond donors (Lipinski definition) is 5. The fourth-order valence-corrected chi connectivity index (χ4v) is 3.52. The average Bonchev–Trinajstić information content (AvgIpc) is 2.75. The predicted octanol–water partition coefficient (Wildman–Crippen LogP) is -2.30. The molecule has 12 nitrogen and oxygen atoms in total. The minimum Gasteiger partial charge on any atom is -0.469 e. The van der Waals surface area contributed by atoms with Crippen molar-refractivity contribution in [3.63, 3.8) is 0 Å². The van der Waals surface area contributed by atoms with Crippen LogP contribution in [0.15, 0.2) is 23.5 Å². The molecule has 5 N–H and O–H groups in total. The molecule has 1 fully saturated rings. The molecule has 0 bridgehead atoms. The molecule has 12 heteroatoms. The van der Waals surface area contributed by atoms with E-state index in [1.807, 2.05) is 0 Å². The molecule has 2 heterocycles. The van der Waals surface area contributed by atoms with Crippen LogP contribution >= 0.6 is 0 Å². The maximum Gasteiger partial charge on any atom is 0.337 e. The van der Waals surface area contributed by atoms with Crippen LogP contribution in [0.1, 0.15) is 13.3 Å². The summed E-state index contributed by atoms with van der Waals surface area (Å²) < 4.78 is 25.9. The van der Waals surface area contributed by atoms with Gasteiger partial charge in [-0.25, -0.2) is 4.79 Å². The number of hydrogen-bond acceptors (Lipinski definition) is 12. The standard InChI is InChI=1S/C19H28O12/c1-19(6-12(22)27-2)9(4-5-20)17(29-8-10(19)16(26)28-3)31-18-15(25)14(24)13(23)11(7-21)30-18/h4,8,11,13-15,17-18,20-21,23-25H,5-7H2,1-3H3/b9-4+/t11-,13-,14+,15-,17+,18+,19+/m1/s1. The smallest absolute Gasteiger partial charge is 0.337 e. The molecule has 0 aromatic rings. The number of ether oxygens (including phenoxy) is 5. The minimum atomic E-state index is -1.71. The summed E-state index contributed by atoms with van der Waals surface area (Å²) in [7, 11) is 2.32. The van der Waals surface area contributed by atoms with Crippen molar-refractivity contribution < 1.29 is 58.8 Å². The highest BCUT2D eigenvalue weighted by Gasteiger charge is 2.50. The van der Waals surface area contributed by atoms with Gasteiger partial charge in [0.1, 0.15) is 24.4 Å². The third-order valence-corrected chi connectivity index (χ3v) is 5.34. The Balaban J connectivity index is 2.41. The van der Waals surface area contributed by atoms with Gasteiger partial charge in [-0.05, 0) is 0 Å². The molecule has 2 rings (SSSR count). The second kappa shape index (κ2) is 10.5. The number of carbonyl (C=O) groups is 2. The fourth-order valence-electron chi connectivity index (χ4n) is 3.52. The molecule has 0 aliphatic carbocycles. The molecule has 176 valence electrons. The summed E-state index contributed by atoms with van der Waals surface area (Å²) in [6.45, 7) is 0.334. The quantitative estimate of drug-likeness (QED) is 0.208. The summed E-state index contributed by atoms with van der Waals surface area (Å²) in [6.07, 6.45) is -7.20. The van der Waals surface area contributed by atoms with Crippen LogP contribution in [0.5, 0.6) is 0 Å². The molecule has 31 heavy (non-hydrogen) atoms. The van der Waals surface area contributed by atoms with Gasteiger partial charge in [-0.3, -0.25) is 4.79 Å². The molecule has 0 saturated carbocycles. The molecule has 0 radical (unpaired) electrons. The Kier molecular flexibility index (Phi) is 8.54. The van der Waals surface area contributed by atoms with Gasteiger partial charge < -0.3 is 49.2 Å². The van der Waals surface area contributed by atoms with E-state index >= 15 is 0 Å². The van der Waals surface area contributed by atoms with Crippen molar-refractivity contribution in [1.82, 2.24) is 0 Å². The molecule has 2 aliphatic rings. The van der Waals surface area contributed by atoms with Gasteiger partial charge in [-0.2, -0.15) is 0 Å². The van der Waals surface area contributed by atoms with E-state index in [-0.39, 0.29) is 17.6 Å². The monoisotopic (exact) mass is 448 g/mol. The SMILES string of the molecule is COC(=O)C[C@]1(C)C(C(=O)OC)=CO[C@@H](O[C@@H]2O[C@H](CO)[C@@H](O)[C@H](O)[C@H]2O)/C1=C\CO. The van der Waals surface area contributed by atoms with Gasteiger partial charge in [0.25, 0.3) is 0 Å². The van der Waals surface area contributed by atoms with Crippen molar-refractivity contribution in [2.75, 3.05) is 27.4 Å². The topological polar surface area (TPSA) is 181 Å². The third-order valence-electron chi connectivity index (χ3n) is 5.34. The lowest BCUT2D eigenvalue weighted by molar-refractivity contribution is -0.328. The van der Waals surface area contributed by atoms with Crippen molar-refractivity contribution >= 4 is 11.9 Å². The zero-order valence-corrected chi connectivity index (χ0v) is 17.3. The normalized spacial score (nSPS) is 37.0. The third kappa shape index (κ3) is 5.06. The summed E-state index contributed by atoms with van der Waals surface area (Å²) in [5.41, 5.74) is -1.31. The zero-order chi connectivity index (χ0) is 23.3. The van der Waals surface area contributed by atoms with Gasteiger partial charge in [0.15, 0.2) is 6.29 Å². The summed E-state index contributed by atoms with van der Waals surface area (Å²) in [5.74, 6) is -1.46. The summed E-state index contributed by atoms with van der Waals surface area (Å²) in [5, 5.41) is 49.0. The second-order valence-corrected chi connectivity index (χ2v) is 7.25. The van der Waals surface area contributed by atoms with Crippen LogP contribution in [0.25, 0.3) is 0 Å². The van der Waals surface area contributed by atoms with E-state index in [1.54, 1.807) is 0 Å². The molecule has 0 unspecified atom stereocenters. The highest BCUT2D eigenvalue weighted by Crippen LogP contribution is 2.46. The van der Waals surface area contributed by atoms with Gasteiger partial charge in [0, 0.05) is 11.0 Å². The van der Waals surface area contributed by atoms with E-state index in [9.17, 15) is 35.1 Å². The Morgan fingerprint density at radius 3 is 2.35 bits per heavy atom. The largest absolute Gasteiger partial charge is 0.469 e. The first-order valence-corrected chi connectivity index (χ1v) is 9.43. The summed E-state index contributed by atoms with van der Waals surface area (Å²) in [6, 6.07) is 0. The highest BCUT2D eigenvalue weighted by molar-refractivity contribution is 5.92. The number of aliphatic hydroxyl groups is 5. The van der Waals surface area contributed by atoms with Crippen LogP contribution in [-0.2, 0) is 33.3 Å². The first kappa shape index (κ1) is 25.2. The lowest BCUT2D eigenvalue weighted by Crippen LogP contribution is -2.60. The second-order valence-electron chi connectivity index (χ2n) is 7.25. The van der Waals surface area contributed by atoms with E-state index in [4.69, 9.17) is 23.7 Å². The Morgan fingerprint density at radius 1 is 1.13 bits per heavy atom. The van der Waals surface area contributed by atoms with Gasteiger partial charge >= 0.3 is 11.9 Å². The highest BCUT2D eigenvalue weighted by atomic mass is 16.8. The van der Waals surface area contributed by atoms with Crippen LogP contribution in [0, 0.1) is 5.41 Å².